The molecular weight excluding hydrogens is 355 g/mol. The summed E-state index contributed by atoms with van der Waals surface area (Å²) in [5, 5.41) is 5.26. The van der Waals surface area contributed by atoms with Gasteiger partial charge in [0.1, 0.15) is 5.82 Å². The maximum absolute atomic E-state index is 13.7. The van der Waals surface area contributed by atoms with Gasteiger partial charge in [-0.3, -0.25) is 14.4 Å². The second-order valence-corrected chi connectivity index (χ2v) is 7.01. The second-order valence-electron chi connectivity index (χ2n) is 6.48. The molecule has 0 saturated carbocycles. The average Bonchev–Trinajstić information content (AvgIpc) is 2.96. The van der Waals surface area contributed by atoms with E-state index in [1.54, 1.807) is 16.9 Å². The van der Waals surface area contributed by atoms with Crippen molar-refractivity contribution in [2.45, 2.75) is 19.6 Å². The van der Waals surface area contributed by atoms with Gasteiger partial charge in [-0.1, -0.05) is 18.2 Å². The molecule has 0 radical (unpaired) electrons. The number of allylic oxidation sites excluding steroid dienone is 1. The maximum atomic E-state index is 13.7. The van der Waals surface area contributed by atoms with Gasteiger partial charge in [-0.05, 0) is 36.7 Å². The summed E-state index contributed by atoms with van der Waals surface area (Å²) < 4.78 is 16.9. The van der Waals surface area contributed by atoms with Gasteiger partial charge in [0.25, 0.3) is 5.56 Å². The number of aromatic nitrogens is 3. The van der Waals surface area contributed by atoms with Crippen molar-refractivity contribution < 1.29 is 4.39 Å². The fraction of sp³-hybridized carbons (Fsp3) is 0.263. The molecule has 0 bridgehead atoms. The van der Waals surface area contributed by atoms with Gasteiger partial charge in [-0.25, -0.2) is 4.39 Å². The summed E-state index contributed by atoms with van der Waals surface area (Å²) in [5.74, 6) is -0.396. The molecule has 7 heteroatoms. The van der Waals surface area contributed by atoms with E-state index in [9.17, 15) is 9.18 Å². The molecule has 1 aromatic carbocycles. The van der Waals surface area contributed by atoms with Crippen LogP contribution in [0.25, 0.3) is 10.9 Å². The molecule has 0 aliphatic rings. The van der Waals surface area contributed by atoms with Crippen molar-refractivity contribution in [2.75, 3.05) is 7.05 Å². The quantitative estimate of drug-likeness (QED) is 0.665. The maximum Gasteiger partial charge on any atom is 0.255 e. The number of rotatable bonds is 6. The molecule has 0 saturated heterocycles. The first-order chi connectivity index (χ1) is 12.3. The summed E-state index contributed by atoms with van der Waals surface area (Å²) in [6, 6.07) is 6.21. The van der Waals surface area contributed by atoms with Crippen molar-refractivity contribution in [3.63, 3.8) is 0 Å². The predicted octanol–water partition coefficient (Wildman–Crippen LogP) is 3.26. The fourth-order valence-corrected chi connectivity index (χ4v) is 3.18. The van der Waals surface area contributed by atoms with Crippen molar-refractivity contribution >= 4 is 22.5 Å². The number of fused-ring (bicyclic) bond motifs is 1. The number of hydrogen-bond donors (Lipinski definition) is 0. The van der Waals surface area contributed by atoms with Gasteiger partial charge in [0.15, 0.2) is 0 Å². The molecule has 26 heavy (non-hydrogen) atoms. The molecule has 5 nitrogen and oxygen atoms in total. The van der Waals surface area contributed by atoms with Gasteiger partial charge in [0.2, 0.25) is 0 Å². The first-order valence-corrected chi connectivity index (χ1v) is 8.52. The predicted molar refractivity (Wildman–Crippen MR) is 102 cm³/mol. The van der Waals surface area contributed by atoms with Crippen LogP contribution in [0.4, 0.5) is 4.39 Å². The minimum absolute atomic E-state index is 0.139. The van der Waals surface area contributed by atoms with Crippen LogP contribution in [-0.2, 0) is 26.7 Å². The summed E-state index contributed by atoms with van der Waals surface area (Å²) in [7, 11) is 3.80. The van der Waals surface area contributed by atoms with E-state index in [2.05, 4.69) is 11.7 Å². The fourth-order valence-electron chi connectivity index (χ4n) is 3.06. The van der Waals surface area contributed by atoms with E-state index in [0.29, 0.717) is 29.2 Å². The van der Waals surface area contributed by atoms with Crippen LogP contribution >= 0.6 is 11.6 Å². The highest BCUT2D eigenvalue weighted by Crippen LogP contribution is 2.18. The Labute approximate surface area is 155 Å². The molecule has 0 N–H and O–H groups in total. The van der Waals surface area contributed by atoms with E-state index >= 15 is 0 Å². The van der Waals surface area contributed by atoms with Gasteiger partial charge >= 0.3 is 0 Å². The molecule has 3 aromatic rings. The van der Waals surface area contributed by atoms with E-state index < -0.39 is 5.82 Å². The van der Waals surface area contributed by atoms with Crippen LogP contribution in [0.3, 0.4) is 0 Å². The molecule has 0 spiro atoms. The molecule has 0 aliphatic heterocycles. The molecule has 0 amide bonds. The molecule has 3 rings (SSSR count). The van der Waals surface area contributed by atoms with Gasteiger partial charge < -0.3 is 4.57 Å². The van der Waals surface area contributed by atoms with Gasteiger partial charge in [-0.15, -0.1) is 0 Å². The second kappa shape index (κ2) is 7.43. The zero-order chi connectivity index (χ0) is 18.8. The topological polar surface area (TPSA) is 43.1 Å². The number of nitrogens with zero attached hydrogens (tertiary/aromatic N) is 4. The van der Waals surface area contributed by atoms with E-state index in [4.69, 9.17) is 11.6 Å². The van der Waals surface area contributed by atoms with Crippen molar-refractivity contribution in [1.82, 2.24) is 19.2 Å². The molecule has 0 unspecified atom stereocenters. The third-order valence-electron chi connectivity index (χ3n) is 4.11. The summed E-state index contributed by atoms with van der Waals surface area (Å²) in [6.07, 6.45) is 3.74. The molecule has 0 fully saturated rings. The minimum Gasteiger partial charge on any atom is -0.303 e. The number of benzene rings is 1. The highest BCUT2D eigenvalue weighted by atomic mass is 35.5. The molecule has 2 heterocycles. The Morgan fingerprint density at radius 1 is 1.35 bits per heavy atom. The first kappa shape index (κ1) is 18.4. The van der Waals surface area contributed by atoms with E-state index in [1.165, 1.54) is 16.7 Å². The minimum atomic E-state index is -0.396. The lowest BCUT2D eigenvalue weighted by molar-refractivity contribution is 0.317. The Balaban J connectivity index is 1.97. The Kier molecular flexibility index (Phi) is 5.25. The SMILES string of the molecule is C=C(Cl)Cn1c(=O)c(CN(C)Cc2cnn(C)c2)cc2ccc(F)cc21. The molecule has 136 valence electrons. The normalized spacial score (nSPS) is 11.4. The average molecular weight is 375 g/mol. The zero-order valence-electron chi connectivity index (χ0n) is 14.7. The lowest BCUT2D eigenvalue weighted by Gasteiger charge is -2.18. The Morgan fingerprint density at radius 2 is 2.12 bits per heavy atom. The molecule has 0 atom stereocenters. The van der Waals surface area contributed by atoms with Crippen LogP contribution in [0.1, 0.15) is 11.1 Å². The Bertz CT molecular complexity index is 1020. The van der Waals surface area contributed by atoms with Crippen LogP contribution in [0.2, 0.25) is 0 Å². The molecule has 0 aliphatic carbocycles. The van der Waals surface area contributed by atoms with Crippen LogP contribution in [0, 0.1) is 5.82 Å². The highest BCUT2D eigenvalue weighted by Gasteiger charge is 2.13. The third-order valence-corrected chi connectivity index (χ3v) is 4.23. The van der Waals surface area contributed by atoms with Crippen LogP contribution in [0.15, 0.2) is 53.1 Å². The van der Waals surface area contributed by atoms with Crippen molar-refractivity contribution in [1.29, 1.82) is 0 Å². The lowest BCUT2D eigenvalue weighted by atomic mass is 10.1. The third kappa shape index (κ3) is 4.03. The van der Waals surface area contributed by atoms with Crippen LogP contribution in [-0.4, -0.2) is 26.3 Å². The number of hydrogen-bond acceptors (Lipinski definition) is 3. The van der Waals surface area contributed by atoms with Crippen molar-refractivity contribution in [3.05, 3.63) is 75.6 Å². The number of pyridine rings is 1. The zero-order valence-corrected chi connectivity index (χ0v) is 15.5. The molecular formula is C19H20ClFN4O. The smallest absolute Gasteiger partial charge is 0.255 e. The lowest BCUT2D eigenvalue weighted by Crippen LogP contribution is -2.28. The van der Waals surface area contributed by atoms with Crippen LogP contribution < -0.4 is 5.56 Å². The van der Waals surface area contributed by atoms with Crippen molar-refractivity contribution in [2.24, 2.45) is 7.05 Å². The first-order valence-electron chi connectivity index (χ1n) is 8.15. The highest BCUT2D eigenvalue weighted by molar-refractivity contribution is 6.29. The Morgan fingerprint density at radius 3 is 2.77 bits per heavy atom. The van der Waals surface area contributed by atoms with E-state index in [-0.39, 0.29) is 12.1 Å². The van der Waals surface area contributed by atoms with Gasteiger partial charge in [-0.2, -0.15) is 5.10 Å². The largest absolute Gasteiger partial charge is 0.303 e. The number of aryl methyl sites for hydroxylation is 1. The number of halogens is 2. The summed E-state index contributed by atoms with van der Waals surface area (Å²) in [4.78, 5) is 15.0. The summed E-state index contributed by atoms with van der Waals surface area (Å²) >= 11 is 5.92. The standard InChI is InChI=1S/C19H20ClFN4O/c1-13(20)9-25-18-7-17(21)5-4-15(18)6-16(19(25)26)12-23(2)10-14-8-22-24(3)11-14/h4-8,11H,1,9-10,12H2,2-3H3. The van der Waals surface area contributed by atoms with E-state index in [0.717, 1.165) is 10.9 Å². The monoisotopic (exact) mass is 374 g/mol. The summed E-state index contributed by atoms with van der Waals surface area (Å²) in [5.41, 5.74) is 2.00. The Hall–Kier alpha value is -2.44. The van der Waals surface area contributed by atoms with E-state index in [1.807, 2.05) is 31.3 Å². The van der Waals surface area contributed by atoms with Gasteiger partial charge in [0, 0.05) is 42.5 Å². The van der Waals surface area contributed by atoms with Gasteiger partial charge in [0.05, 0.1) is 18.3 Å². The van der Waals surface area contributed by atoms with Crippen LogP contribution in [0.5, 0.6) is 0 Å². The summed E-state index contributed by atoms with van der Waals surface area (Å²) in [6.45, 7) is 4.92. The van der Waals surface area contributed by atoms with Crippen molar-refractivity contribution in [3.8, 4) is 0 Å². The molecule has 2 aromatic heterocycles.